The second-order valence-electron chi connectivity index (χ2n) is 22.7. The SMILES string of the molecule is CCCCCCCCC(CCCCCC)COC(=O)CCCCCCCCCCCC(CCCCCCCCCCCC(=O)OCC(CCCCCC)CCCCCCCC)OC(=O)CCCCN(C)C. The quantitative estimate of drug-likeness (QED) is 0.0341. The third kappa shape index (κ3) is 53.0. The second kappa shape index (κ2) is 56.1. The normalized spacial score (nSPS) is 12.9. The second-order valence-corrected chi connectivity index (χ2v) is 22.7. The minimum Gasteiger partial charge on any atom is -0.465 e. The smallest absolute Gasteiger partial charge is 0.306 e. The topological polar surface area (TPSA) is 82.1 Å². The maximum Gasteiger partial charge on any atom is 0.306 e. The van der Waals surface area contributed by atoms with E-state index in [1.54, 1.807) is 0 Å². The number of esters is 3. The van der Waals surface area contributed by atoms with Gasteiger partial charge in [0.2, 0.25) is 0 Å². The summed E-state index contributed by atoms with van der Waals surface area (Å²) < 4.78 is 17.7. The van der Waals surface area contributed by atoms with Crippen molar-refractivity contribution in [3.8, 4) is 0 Å². The zero-order chi connectivity index (χ0) is 51.9. The van der Waals surface area contributed by atoms with E-state index < -0.39 is 0 Å². The van der Waals surface area contributed by atoms with Gasteiger partial charge in [0, 0.05) is 19.3 Å². The number of ether oxygens (including phenoxy) is 3. The summed E-state index contributed by atoms with van der Waals surface area (Å²) in [4.78, 5) is 40.2. The van der Waals surface area contributed by atoms with Crippen molar-refractivity contribution in [3.63, 3.8) is 0 Å². The van der Waals surface area contributed by atoms with E-state index in [1.165, 1.54) is 231 Å². The third-order valence-corrected chi connectivity index (χ3v) is 15.2. The van der Waals surface area contributed by atoms with Crippen LogP contribution in [0.2, 0.25) is 0 Å². The van der Waals surface area contributed by atoms with E-state index in [9.17, 15) is 14.4 Å². The van der Waals surface area contributed by atoms with Crippen molar-refractivity contribution >= 4 is 17.9 Å². The van der Waals surface area contributed by atoms with Gasteiger partial charge in [0.25, 0.3) is 0 Å². The first-order valence-electron chi connectivity index (χ1n) is 31.9. The van der Waals surface area contributed by atoms with Gasteiger partial charge >= 0.3 is 17.9 Å². The van der Waals surface area contributed by atoms with E-state index >= 15 is 0 Å². The van der Waals surface area contributed by atoms with Gasteiger partial charge in [-0.1, -0.05) is 246 Å². The molecule has 0 aliphatic carbocycles. The molecular formula is C64H125NO6. The van der Waals surface area contributed by atoms with Crippen LogP contribution in [0.4, 0.5) is 0 Å². The summed E-state index contributed by atoms with van der Waals surface area (Å²) in [5, 5.41) is 0. The largest absolute Gasteiger partial charge is 0.465 e. The molecule has 0 saturated heterocycles. The zero-order valence-electron chi connectivity index (χ0n) is 48.9. The molecule has 0 aromatic rings. The van der Waals surface area contributed by atoms with Gasteiger partial charge in [-0.15, -0.1) is 0 Å². The Hall–Kier alpha value is -1.63. The third-order valence-electron chi connectivity index (χ3n) is 15.2. The molecule has 0 bridgehead atoms. The lowest BCUT2D eigenvalue weighted by Gasteiger charge is -2.18. The van der Waals surface area contributed by atoms with Crippen LogP contribution in [0.15, 0.2) is 0 Å². The molecule has 422 valence electrons. The molecule has 0 saturated carbocycles. The molecule has 2 atom stereocenters. The number of carbonyl (C=O) groups excluding carboxylic acids is 3. The molecule has 0 amide bonds. The number of hydrogen-bond acceptors (Lipinski definition) is 7. The summed E-state index contributed by atoms with van der Waals surface area (Å²) in [5.74, 6) is 1.10. The molecule has 0 rings (SSSR count). The molecular weight excluding hydrogens is 879 g/mol. The van der Waals surface area contributed by atoms with Crippen LogP contribution >= 0.6 is 0 Å². The first-order chi connectivity index (χ1) is 34.7. The standard InChI is InChI=1S/C64H125NO6/c1-7-11-15-19-31-39-49-59(47-37-17-13-9-3)57-69-62(66)53-43-35-29-25-21-23-27-33-41-51-61(71-64(68)55-45-46-56-65(5)6)52-42-34-28-24-22-26-30-36-44-54-63(67)70-58-60(48-38-18-14-10-4)50-40-32-20-16-12-8-2/h59-61H,7-58H2,1-6H3. The van der Waals surface area contributed by atoms with E-state index in [4.69, 9.17) is 14.2 Å². The molecule has 0 spiro atoms. The van der Waals surface area contributed by atoms with E-state index in [0.717, 1.165) is 70.8 Å². The van der Waals surface area contributed by atoms with Crippen LogP contribution in [0, 0.1) is 11.8 Å². The highest BCUT2D eigenvalue weighted by Crippen LogP contribution is 2.23. The first kappa shape index (κ1) is 69.4. The van der Waals surface area contributed by atoms with Crippen LogP contribution in [0.25, 0.3) is 0 Å². The fourth-order valence-corrected chi connectivity index (χ4v) is 10.3. The summed E-state index contributed by atoms with van der Waals surface area (Å²) in [6.07, 6.45) is 58.0. The van der Waals surface area contributed by atoms with Crippen molar-refractivity contribution in [2.75, 3.05) is 33.9 Å². The molecule has 7 nitrogen and oxygen atoms in total. The van der Waals surface area contributed by atoms with Gasteiger partial charge in [-0.05, 0) is 110 Å². The molecule has 0 aromatic heterocycles. The summed E-state index contributed by atoms with van der Waals surface area (Å²) in [6, 6.07) is 0. The Labute approximate surface area is 443 Å². The molecule has 0 aromatic carbocycles. The summed E-state index contributed by atoms with van der Waals surface area (Å²) in [7, 11) is 4.17. The van der Waals surface area contributed by atoms with Crippen molar-refractivity contribution in [1.82, 2.24) is 4.90 Å². The van der Waals surface area contributed by atoms with Crippen molar-refractivity contribution in [3.05, 3.63) is 0 Å². The number of carbonyl (C=O) groups is 3. The average molecular weight is 1000 g/mol. The first-order valence-corrected chi connectivity index (χ1v) is 31.9. The molecule has 0 heterocycles. The van der Waals surface area contributed by atoms with Crippen LogP contribution in [-0.2, 0) is 28.6 Å². The van der Waals surface area contributed by atoms with Crippen LogP contribution in [-0.4, -0.2) is 62.8 Å². The molecule has 0 radical (unpaired) electrons. The summed E-state index contributed by atoms with van der Waals surface area (Å²) >= 11 is 0. The van der Waals surface area contributed by atoms with E-state index in [-0.39, 0.29) is 24.0 Å². The summed E-state index contributed by atoms with van der Waals surface area (Å²) in [6.45, 7) is 11.4. The lowest BCUT2D eigenvalue weighted by molar-refractivity contribution is -0.150. The molecule has 0 N–H and O–H groups in total. The molecule has 2 unspecified atom stereocenters. The van der Waals surface area contributed by atoms with Gasteiger partial charge in [0.05, 0.1) is 13.2 Å². The van der Waals surface area contributed by atoms with E-state index in [2.05, 4.69) is 46.7 Å². The highest BCUT2D eigenvalue weighted by atomic mass is 16.5. The Kier molecular flexibility index (Phi) is 54.8. The predicted molar refractivity (Wildman–Crippen MR) is 306 cm³/mol. The van der Waals surface area contributed by atoms with Crippen molar-refractivity contribution in [1.29, 1.82) is 0 Å². The van der Waals surface area contributed by atoms with Gasteiger partial charge < -0.3 is 19.1 Å². The van der Waals surface area contributed by atoms with E-state index in [0.29, 0.717) is 44.3 Å². The monoisotopic (exact) mass is 1000 g/mol. The van der Waals surface area contributed by atoms with Crippen molar-refractivity contribution in [2.24, 2.45) is 11.8 Å². The summed E-state index contributed by atoms with van der Waals surface area (Å²) in [5.41, 5.74) is 0. The number of hydrogen-bond donors (Lipinski definition) is 0. The zero-order valence-corrected chi connectivity index (χ0v) is 48.9. The fourth-order valence-electron chi connectivity index (χ4n) is 10.3. The molecule has 0 aliphatic heterocycles. The van der Waals surface area contributed by atoms with Crippen LogP contribution < -0.4 is 0 Å². The number of nitrogens with zero attached hydrogens (tertiary/aromatic N) is 1. The van der Waals surface area contributed by atoms with Crippen molar-refractivity contribution < 1.29 is 28.6 Å². The highest BCUT2D eigenvalue weighted by molar-refractivity contribution is 5.70. The number of unbranched alkanes of at least 4 members (excludes halogenated alkanes) is 33. The van der Waals surface area contributed by atoms with Gasteiger partial charge in [0.15, 0.2) is 0 Å². The lowest BCUT2D eigenvalue weighted by Crippen LogP contribution is -2.19. The Morgan fingerprint density at radius 2 is 0.563 bits per heavy atom. The van der Waals surface area contributed by atoms with Crippen molar-refractivity contribution in [2.45, 2.75) is 348 Å². The molecule has 0 fully saturated rings. The van der Waals surface area contributed by atoms with Crippen LogP contribution in [0.5, 0.6) is 0 Å². The fraction of sp³-hybridized carbons (Fsp3) is 0.953. The molecule has 71 heavy (non-hydrogen) atoms. The predicted octanol–water partition coefficient (Wildman–Crippen LogP) is 20.0. The maximum atomic E-state index is 12.8. The maximum absolute atomic E-state index is 12.8. The molecule has 7 heteroatoms. The Morgan fingerprint density at radius 1 is 0.310 bits per heavy atom. The van der Waals surface area contributed by atoms with Gasteiger partial charge in [-0.3, -0.25) is 14.4 Å². The van der Waals surface area contributed by atoms with Gasteiger partial charge in [0.1, 0.15) is 6.10 Å². The van der Waals surface area contributed by atoms with Gasteiger partial charge in [-0.2, -0.15) is 0 Å². The van der Waals surface area contributed by atoms with Crippen LogP contribution in [0.3, 0.4) is 0 Å². The average Bonchev–Trinajstić information content (AvgIpc) is 3.36. The van der Waals surface area contributed by atoms with Gasteiger partial charge in [-0.25, -0.2) is 0 Å². The highest BCUT2D eigenvalue weighted by Gasteiger charge is 2.16. The Balaban J connectivity index is 4.29. The number of rotatable bonds is 58. The molecule has 0 aliphatic rings. The van der Waals surface area contributed by atoms with E-state index in [1.807, 2.05) is 0 Å². The van der Waals surface area contributed by atoms with Crippen LogP contribution in [0.1, 0.15) is 342 Å². The Bertz CT molecular complexity index is 1040. The minimum absolute atomic E-state index is 0.00808. The lowest BCUT2D eigenvalue weighted by atomic mass is 9.95. The Morgan fingerprint density at radius 3 is 0.887 bits per heavy atom. The minimum atomic E-state index is -0.00808.